The predicted octanol–water partition coefficient (Wildman–Crippen LogP) is 2.76. The molecule has 0 radical (unpaired) electrons. The van der Waals surface area contributed by atoms with Crippen molar-refractivity contribution in [3.63, 3.8) is 0 Å². The Morgan fingerprint density at radius 3 is 3.05 bits per heavy atom. The summed E-state index contributed by atoms with van der Waals surface area (Å²) < 4.78 is 5.35. The average Bonchev–Trinajstić information content (AvgIpc) is 2.91. The standard InChI is InChI=1S/C13H17ClN2O3/c1-9(11-4-5-19-8-11)15-7-10-2-3-12(14)13(6-10)16(17)18/h2-3,6,9,11,15H,4-5,7-8H2,1H3. The second kappa shape index (κ2) is 6.32. The van der Waals surface area contributed by atoms with Crippen LogP contribution in [0.3, 0.4) is 0 Å². The van der Waals surface area contributed by atoms with Gasteiger partial charge in [0.25, 0.3) is 5.69 Å². The monoisotopic (exact) mass is 284 g/mol. The highest BCUT2D eigenvalue weighted by molar-refractivity contribution is 6.32. The van der Waals surface area contributed by atoms with Crippen molar-refractivity contribution in [3.8, 4) is 0 Å². The van der Waals surface area contributed by atoms with Crippen LogP contribution in [-0.2, 0) is 11.3 Å². The van der Waals surface area contributed by atoms with E-state index in [-0.39, 0.29) is 10.7 Å². The van der Waals surface area contributed by atoms with Gasteiger partial charge in [0.05, 0.1) is 11.5 Å². The zero-order valence-corrected chi connectivity index (χ0v) is 11.5. The van der Waals surface area contributed by atoms with Gasteiger partial charge in [0.2, 0.25) is 0 Å². The zero-order chi connectivity index (χ0) is 13.8. The SMILES string of the molecule is CC(NCc1ccc(Cl)c([N+](=O)[O-])c1)C1CCOC1. The Labute approximate surface area is 117 Å². The Balaban J connectivity index is 1.95. The van der Waals surface area contributed by atoms with E-state index in [1.54, 1.807) is 12.1 Å². The molecule has 19 heavy (non-hydrogen) atoms. The number of nitrogens with zero attached hydrogens (tertiary/aromatic N) is 1. The number of nitro groups is 1. The fourth-order valence-corrected chi connectivity index (χ4v) is 2.39. The van der Waals surface area contributed by atoms with Crippen LogP contribution in [0.5, 0.6) is 0 Å². The summed E-state index contributed by atoms with van der Waals surface area (Å²) in [6.07, 6.45) is 1.06. The van der Waals surface area contributed by atoms with Crippen LogP contribution >= 0.6 is 11.6 Å². The van der Waals surface area contributed by atoms with Crippen LogP contribution in [0, 0.1) is 16.0 Å². The first-order valence-electron chi connectivity index (χ1n) is 6.32. The fourth-order valence-electron chi connectivity index (χ4n) is 2.20. The van der Waals surface area contributed by atoms with Gasteiger partial charge in [-0.25, -0.2) is 0 Å². The van der Waals surface area contributed by atoms with Crippen LogP contribution in [0.1, 0.15) is 18.9 Å². The molecule has 1 N–H and O–H groups in total. The molecule has 1 fully saturated rings. The third-order valence-corrected chi connectivity index (χ3v) is 3.83. The van der Waals surface area contributed by atoms with Crippen LogP contribution in [0.4, 0.5) is 5.69 Å². The first-order valence-corrected chi connectivity index (χ1v) is 6.69. The minimum Gasteiger partial charge on any atom is -0.381 e. The molecule has 0 saturated carbocycles. The predicted molar refractivity (Wildman–Crippen MR) is 73.3 cm³/mol. The number of ether oxygens (including phenoxy) is 1. The van der Waals surface area contributed by atoms with Crippen LogP contribution in [0.25, 0.3) is 0 Å². The summed E-state index contributed by atoms with van der Waals surface area (Å²) in [5.74, 6) is 0.516. The van der Waals surface area contributed by atoms with Gasteiger partial charge in [-0.1, -0.05) is 17.7 Å². The van der Waals surface area contributed by atoms with Gasteiger partial charge in [-0.2, -0.15) is 0 Å². The largest absolute Gasteiger partial charge is 0.381 e. The summed E-state index contributed by atoms with van der Waals surface area (Å²) in [5.41, 5.74) is 0.819. The Kier molecular flexibility index (Phi) is 4.74. The molecule has 5 nitrogen and oxygen atoms in total. The number of halogens is 1. The highest BCUT2D eigenvalue weighted by atomic mass is 35.5. The second-order valence-electron chi connectivity index (χ2n) is 4.84. The first-order chi connectivity index (χ1) is 9.08. The van der Waals surface area contributed by atoms with E-state index in [1.807, 2.05) is 0 Å². The molecule has 104 valence electrons. The number of hydrogen-bond donors (Lipinski definition) is 1. The Bertz CT molecular complexity index is 461. The lowest BCUT2D eigenvalue weighted by Gasteiger charge is -2.19. The number of nitrogens with one attached hydrogen (secondary N) is 1. The molecule has 1 aromatic carbocycles. The fraction of sp³-hybridized carbons (Fsp3) is 0.538. The maximum absolute atomic E-state index is 10.8. The highest BCUT2D eigenvalue weighted by Crippen LogP contribution is 2.25. The summed E-state index contributed by atoms with van der Waals surface area (Å²) in [6, 6.07) is 5.23. The first kappa shape index (κ1) is 14.2. The molecule has 1 aromatic rings. The van der Waals surface area contributed by atoms with Crippen LogP contribution in [0.15, 0.2) is 18.2 Å². The Morgan fingerprint density at radius 2 is 2.42 bits per heavy atom. The molecule has 2 atom stereocenters. The molecule has 0 spiro atoms. The van der Waals surface area contributed by atoms with E-state index in [0.717, 1.165) is 25.2 Å². The summed E-state index contributed by atoms with van der Waals surface area (Å²) >= 11 is 5.78. The van der Waals surface area contributed by atoms with Gasteiger partial charge in [-0.15, -0.1) is 0 Å². The highest BCUT2D eigenvalue weighted by Gasteiger charge is 2.22. The van der Waals surface area contributed by atoms with Crippen molar-refractivity contribution in [1.82, 2.24) is 5.32 Å². The van der Waals surface area contributed by atoms with E-state index in [2.05, 4.69) is 12.2 Å². The lowest BCUT2D eigenvalue weighted by Crippen LogP contribution is -2.33. The number of rotatable bonds is 5. The van der Waals surface area contributed by atoms with Gasteiger partial charge in [-0.05, 0) is 30.9 Å². The Morgan fingerprint density at radius 1 is 1.63 bits per heavy atom. The molecule has 1 aliphatic heterocycles. The molecule has 0 bridgehead atoms. The van der Waals surface area contributed by atoms with E-state index < -0.39 is 4.92 Å². The third-order valence-electron chi connectivity index (χ3n) is 3.51. The number of benzene rings is 1. The van der Waals surface area contributed by atoms with Gasteiger partial charge >= 0.3 is 0 Å². The lowest BCUT2D eigenvalue weighted by molar-refractivity contribution is -0.384. The van der Waals surface area contributed by atoms with E-state index in [9.17, 15) is 10.1 Å². The molecule has 0 amide bonds. The molecular formula is C13H17ClN2O3. The minimum absolute atomic E-state index is 0.0437. The molecule has 0 aromatic heterocycles. The molecule has 6 heteroatoms. The van der Waals surface area contributed by atoms with E-state index >= 15 is 0 Å². The summed E-state index contributed by atoms with van der Waals surface area (Å²) in [6.45, 7) is 4.32. The molecule has 1 heterocycles. The molecule has 0 aliphatic carbocycles. The van der Waals surface area contributed by atoms with Gasteiger partial charge in [0, 0.05) is 25.3 Å². The van der Waals surface area contributed by atoms with Crippen molar-refractivity contribution in [1.29, 1.82) is 0 Å². The molecule has 2 rings (SSSR count). The number of hydrogen-bond acceptors (Lipinski definition) is 4. The van der Waals surface area contributed by atoms with Gasteiger partial charge in [-0.3, -0.25) is 10.1 Å². The molecular weight excluding hydrogens is 268 g/mol. The average molecular weight is 285 g/mol. The quantitative estimate of drug-likeness (QED) is 0.667. The summed E-state index contributed by atoms with van der Waals surface area (Å²) in [4.78, 5) is 10.3. The lowest BCUT2D eigenvalue weighted by atomic mass is 10.0. The normalized spacial score (nSPS) is 20.4. The zero-order valence-electron chi connectivity index (χ0n) is 10.8. The topological polar surface area (TPSA) is 64.4 Å². The van der Waals surface area contributed by atoms with E-state index in [1.165, 1.54) is 6.07 Å². The second-order valence-corrected chi connectivity index (χ2v) is 5.24. The molecule has 1 aliphatic rings. The summed E-state index contributed by atoms with van der Waals surface area (Å²) in [5, 5.41) is 14.4. The van der Waals surface area contributed by atoms with Crippen molar-refractivity contribution in [2.75, 3.05) is 13.2 Å². The maximum Gasteiger partial charge on any atom is 0.288 e. The van der Waals surface area contributed by atoms with Crippen molar-refractivity contribution in [2.24, 2.45) is 5.92 Å². The summed E-state index contributed by atoms with van der Waals surface area (Å²) in [7, 11) is 0. The van der Waals surface area contributed by atoms with E-state index in [4.69, 9.17) is 16.3 Å². The minimum atomic E-state index is -0.458. The molecule has 1 saturated heterocycles. The smallest absolute Gasteiger partial charge is 0.288 e. The van der Waals surface area contributed by atoms with Crippen LogP contribution in [0.2, 0.25) is 5.02 Å². The van der Waals surface area contributed by atoms with Gasteiger partial charge in [0.1, 0.15) is 5.02 Å². The van der Waals surface area contributed by atoms with Crippen LogP contribution < -0.4 is 5.32 Å². The van der Waals surface area contributed by atoms with Gasteiger partial charge < -0.3 is 10.1 Å². The van der Waals surface area contributed by atoms with Crippen molar-refractivity contribution in [3.05, 3.63) is 38.9 Å². The third kappa shape index (κ3) is 3.65. The Hall–Kier alpha value is -1.17. The maximum atomic E-state index is 10.8. The van der Waals surface area contributed by atoms with Crippen molar-refractivity contribution < 1.29 is 9.66 Å². The van der Waals surface area contributed by atoms with Crippen LogP contribution in [-0.4, -0.2) is 24.2 Å². The van der Waals surface area contributed by atoms with Crippen molar-refractivity contribution >= 4 is 17.3 Å². The van der Waals surface area contributed by atoms with Gasteiger partial charge in [0.15, 0.2) is 0 Å². The number of nitro benzene ring substituents is 1. The van der Waals surface area contributed by atoms with Crippen molar-refractivity contribution in [2.45, 2.75) is 25.9 Å². The van der Waals surface area contributed by atoms with E-state index in [0.29, 0.717) is 18.5 Å². The molecule has 2 unspecified atom stereocenters.